The van der Waals surface area contributed by atoms with Crippen LogP contribution in [0.3, 0.4) is 0 Å². The van der Waals surface area contributed by atoms with Crippen LogP contribution in [0.1, 0.15) is 22.3 Å². The van der Waals surface area contributed by atoms with Crippen LogP contribution in [0.4, 0.5) is 0 Å². The first-order valence-electron chi connectivity index (χ1n) is 20.4. The Bertz CT molecular complexity index is 3610. The number of fused-ring (bicyclic) bond motifs is 17. The summed E-state index contributed by atoms with van der Waals surface area (Å²) in [6.07, 6.45) is 0. The number of furan rings is 1. The van der Waals surface area contributed by atoms with E-state index in [9.17, 15) is 0 Å². The zero-order valence-corrected chi connectivity index (χ0v) is 31.8. The molecule has 59 heavy (non-hydrogen) atoms. The van der Waals surface area contributed by atoms with E-state index in [4.69, 9.17) is 9.15 Å². The molecule has 0 bridgehead atoms. The van der Waals surface area contributed by atoms with E-state index in [1.54, 1.807) is 0 Å². The van der Waals surface area contributed by atoms with Crippen molar-refractivity contribution in [1.82, 2.24) is 0 Å². The second-order valence-corrected chi connectivity index (χ2v) is 16.3. The zero-order chi connectivity index (χ0) is 38.4. The number of rotatable bonds is 2. The molecule has 10 aromatic carbocycles. The predicted octanol–water partition coefficient (Wildman–Crippen LogP) is 15.3. The van der Waals surface area contributed by atoms with Crippen LogP contribution in [-0.2, 0) is 5.41 Å². The summed E-state index contributed by atoms with van der Waals surface area (Å²) in [6.45, 7) is 0. The van der Waals surface area contributed by atoms with E-state index in [0.29, 0.717) is 0 Å². The van der Waals surface area contributed by atoms with Gasteiger partial charge < -0.3 is 9.15 Å². The van der Waals surface area contributed by atoms with Gasteiger partial charge in [0.05, 0.1) is 5.41 Å². The minimum atomic E-state index is -0.479. The van der Waals surface area contributed by atoms with Gasteiger partial charge in [-0.3, -0.25) is 0 Å². The molecule has 1 aromatic heterocycles. The van der Waals surface area contributed by atoms with Gasteiger partial charge in [0.15, 0.2) is 0 Å². The van der Waals surface area contributed by atoms with Gasteiger partial charge in [-0.05, 0) is 131 Å². The Kier molecular flexibility index (Phi) is 5.99. The van der Waals surface area contributed by atoms with Crippen LogP contribution < -0.4 is 4.74 Å². The van der Waals surface area contributed by atoms with Gasteiger partial charge in [0.2, 0.25) is 0 Å². The molecule has 0 unspecified atom stereocenters. The molecule has 2 heteroatoms. The topological polar surface area (TPSA) is 22.4 Å². The summed E-state index contributed by atoms with van der Waals surface area (Å²) in [5, 5.41) is 7.15. The van der Waals surface area contributed by atoms with Crippen LogP contribution in [0.15, 0.2) is 199 Å². The molecule has 0 atom stereocenters. The molecule has 1 spiro atoms. The van der Waals surface area contributed by atoms with Gasteiger partial charge in [0, 0.05) is 21.7 Å². The number of para-hydroxylation sites is 1. The maximum absolute atomic E-state index is 6.52. The first-order valence-corrected chi connectivity index (χ1v) is 20.4. The summed E-state index contributed by atoms with van der Waals surface area (Å²) in [5.41, 5.74) is 18.9. The van der Waals surface area contributed by atoms with Crippen molar-refractivity contribution in [2.75, 3.05) is 0 Å². The van der Waals surface area contributed by atoms with E-state index in [-0.39, 0.29) is 0 Å². The van der Waals surface area contributed by atoms with Crippen LogP contribution in [0.5, 0.6) is 11.5 Å². The second-order valence-electron chi connectivity index (χ2n) is 16.3. The summed E-state index contributed by atoms with van der Waals surface area (Å²) in [7, 11) is 0. The summed E-state index contributed by atoms with van der Waals surface area (Å²) < 4.78 is 12.9. The summed E-state index contributed by atoms with van der Waals surface area (Å²) in [6, 6.07) is 71.5. The fourth-order valence-electron chi connectivity index (χ4n) is 11.1. The average molecular weight is 749 g/mol. The third-order valence-electron chi connectivity index (χ3n) is 13.5. The van der Waals surface area contributed by atoms with E-state index in [2.05, 4.69) is 182 Å². The molecule has 14 rings (SSSR count). The first kappa shape index (κ1) is 31.4. The molecule has 2 aliphatic carbocycles. The molecular formula is C57H32O2. The molecule has 272 valence electrons. The van der Waals surface area contributed by atoms with Gasteiger partial charge in [0.25, 0.3) is 0 Å². The fourth-order valence-corrected chi connectivity index (χ4v) is 11.1. The van der Waals surface area contributed by atoms with Crippen molar-refractivity contribution < 1.29 is 9.15 Å². The van der Waals surface area contributed by atoms with Gasteiger partial charge in [-0.15, -0.1) is 0 Å². The van der Waals surface area contributed by atoms with Gasteiger partial charge in [-0.1, -0.05) is 152 Å². The number of ether oxygens (including phenoxy) is 1. The Hall–Kier alpha value is -7.68. The van der Waals surface area contributed by atoms with Crippen molar-refractivity contribution in [3.05, 3.63) is 216 Å². The highest BCUT2D eigenvalue weighted by molar-refractivity contribution is 6.12. The molecule has 0 saturated heterocycles. The van der Waals surface area contributed by atoms with E-state index in [0.717, 1.165) is 44.6 Å². The van der Waals surface area contributed by atoms with Crippen molar-refractivity contribution >= 4 is 43.5 Å². The Labute approximate surface area is 340 Å². The monoisotopic (exact) mass is 748 g/mol. The maximum Gasteiger partial charge on any atom is 0.136 e. The van der Waals surface area contributed by atoms with Crippen molar-refractivity contribution in [1.29, 1.82) is 0 Å². The minimum Gasteiger partial charge on any atom is -0.456 e. The Morgan fingerprint density at radius 3 is 1.86 bits per heavy atom. The summed E-state index contributed by atoms with van der Waals surface area (Å²) in [5.74, 6) is 1.81. The molecule has 2 heterocycles. The third-order valence-corrected chi connectivity index (χ3v) is 13.5. The lowest BCUT2D eigenvalue weighted by Gasteiger charge is -2.31. The van der Waals surface area contributed by atoms with Crippen LogP contribution in [0, 0.1) is 0 Å². The third kappa shape index (κ3) is 4.00. The smallest absolute Gasteiger partial charge is 0.136 e. The summed E-state index contributed by atoms with van der Waals surface area (Å²) >= 11 is 0. The minimum absolute atomic E-state index is 0.479. The van der Waals surface area contributed by atoms with E-state index in [1.807, 2.05) is 12.1 Å². The first-order chi connectivity index (χ1) is 29.2. The van der Waals surface area contributed by atoms with Crippen molar-refractivity contribution in [3.8, 4) is 67.1 Å². The van der Waals surface area contributed by atoms with E-state index in [1.165, 1.54) is 88.3 Å². The lowest BCUT2D eigenvalue weighted by Crippen LogP contribution is -2.25. The Morgan fingerprint density at radius 2 is 0.983 bits per heavy atom. The highest BCUT2D eigenvalue weighted by Gasteiger charge is 2.52. The number of hydrogen-bond acceptors (Lipinski definition) is 2. The van der Waals surface area contributed by atoms with Gasteiger partial charge >= 0.3 is 0 Å². The average Bonchev–Trinajstić information content (AvgIpc) is 3.92. The van der Waals surface area contributed by atoms with Crippen LogP contribution in [0.2, 0.25) is 0 Å². The SMILES string of the molecule is c1ccc2c(c1)-c1ccccc1C21c2cc(-c3ccc4c(c3)-c3cccc5cccc(c35)O4)ccc2-c2c1ccc1c(-c3ccc4c(c3)oc3ccccc34)cccc21. The molecule has 2 nitrogen and oxygen atoms in total. The Balaban J connectivity index is 1.02. The zero-order valence-electron chi connectivity index (χ0n) is 31.8. The van der Waals surface area contributed by atoms with E-state index >= 15 is 0 Å². The molecular weight excluding hydrogens is 717 g/mol. The summed E-state index contributed by atoms with van der Waals surface area (Å²) in [4.78, 5) is 0. The maximum atomic E-state index is 6.52. The van der Waals surface area contributed by atoms with E-state index < -0.39 is 5.41 Å². The molecule has 0 radical (unpaired) electrons. The van der Waals surface area contributed by atoms with Gasteiger partial charge in [-0.25, -0.2) is 0 Å². The molecule has 0 N–H and O–H groups in total. The molecule has 3 aliphatic rings. The molecule has 0 amide bonds. The van der Waals surface area contributed by atoms with Crippen LogP contribution >= 0.6 is 0 Å². The predicted molar refractivity (Wildman–Crippen MR) is 241 cm³/mol. The highest BCUT2D eigenvalue weighted by Crippen LogP contribution is 2.64. The Morgan fingerprint density at radius 1 is 0.322 bits per heavy atom. The fraction of sp³-hybridized carbons (Fsp3) is 0.0175. The number of benzene rings is 10. The van der Waals surface area contributed by atoms with Crippen LogP contribution in [-0.4, -0.2) is 0 Å². The highest BCUT2D eigenvalue weighted by atomic mass is 16.5. The van der Waals surface area contributed by atoms with Gasteiger partial charge in [-0.2, -0.15) is 0 Å². The normalized spacial score (nSPS) is 13.7. The molecule has 0 fully saturated rings. The molecule has 0 saturated carbocycles. The molecule has 1 aliphatic heterocycles. The van der Waals surface area contributed by atoms with Gasteiger partial charge in [0.1, 0.15) is 22.7 Å². The largest absolute Gasteiger partial charge is 0.456 e. The van der Waals surface area contributed by atoms with Crippen molar-refractivity contribution in [3.63, 3.8) is 0 Å². The van der Waals surface area contributed by atoms with Crippen molar-refractivity contribution in [2.45, 2.75) is 5.41 Å². The van der Waals surface area contributed by atoms with Crippen molar-refractivity contribution in [2.24, 2.45) is 0 Å². The molecule has 11 aromatic rings. The number of hydrogen-bond donors (Lipinski definition) is 0. The lowest BCUT2D eigenvalue weighted by atomic mass is 9.70. The lowest BCUT2D eigenvalue weighted by molar-refractivity contribution is 0.487. The second kappa shape index (κ2) is 11.2. The quantitative estimate of drug-likeness (QED) is 0.176. The standard InChI is InChI=1S/C57H32O2/c1-4-18-47-39(12-1)40-13-2-5-19-48(40)57(47)49-28-27-38-37(36-23-25-42-41-14-3-6-20-51(41)59-54(42)32-36)15-9-17-43(38)56(49)45-26-22-35(31-50(45)57)34-24-29-52-46(30-34)44-16-7-10-33-11-8-21-53(58-52)55(33)44/h1-32H. The van der Waals surface area contributed by atoms with Crippen LogP contribution in [0.25, 0.3) is 99.1 Å².